The molecule has 3 nitrogen and oxygen atoms in total. The zero-order chi connectivity index (χ0) is 18.2. The highest BCUT2D eigenvalue weighted by molar-refractivity contribution is 5.76. The van der Waals surface area contributed by atoms with Crippen molar-refractivity contribution in [3.8, 4) is 0 Å². The predicted molar refractivity (Wildman–Crippen MR) is 101 cm³/mol. The van der Waals surface area contributed by atoms with Crippen molar-refractivity contribution in [3.63, 3.8) is 0 Å². The Morgan fingerprint density at radius 2 is 2.20 bits per heavy atom. The maximum absolute atomic E-state index is 13.3. The SMILES string of the molecule is CCN(C[C@H]1CCCN(CCc2cccc(F)c2)C1)C(=O)CC(C)C. The smallest absolute Gasteiger partial charge is 0.222 e. The molecule has 25 heavy (non-hydrogen) atoms. The van der Waals surface area contributed by atoms with E-state index >= 15 is 0 Å². The second-order valence-corrected chi connectivity index (χ2v) is 7.72. The van der Waals surface area contributed by atoms with Crippen LogP contribution in [0.25, 0.3) is 0 Å². The molecule has 1 aromatic rings. The molecule has 4 heteroatoms. The van der Waals surface area contributed by atoms with Crippen molar-refractivity contribution >= 4 is 5.91 Å². The lowest BCUT2D eigenvalue weighted by molar-refractivity contribution is -0.132. The van der Waals surface area contributed by atoms with Crippen molar-refractivity contribution in [2.24, 2.45) is 11.8 Å². The van der Waals surface area contributed by atoms with Crippen LogP contribution in [0.3, 0.4) is 0 Å². The van der Waals surface area contributed by atoms with E-state index in [-0.39, 0.29) is 11.7 Å². The summed E-state index contributed by atoms with van der Waals surface area (Å²) in [6.45, 7) is 11.1. The first-order valence-corrected chi connectivity index (χ1v) is 9.72. The van der Waals surface area contributed by atoms with Gasteiger partial charge in [-0.25, -0.2) is 4.39 Å². The van der Waals surface area contributed by atoms with Gasteiger partial charge in [0.15, 0.2) is 0 Å². The number of benzene rings is 1. The Morgan fingerprint density at radius 3 is 2.88 bits per heavy atom. The van der Waals surface area contributed by atoms with Crippen LogP contribution in [0, 0.1) is 17.7 Å². The number of halogens is 1. The summed E-state index contributed by atoms with van der Waals surface area (Å²) in [5, 5.41) is 0. The number of carbonyl (C=O) groups excluding carboxylic acids is 1. The monoisotopic (exact) mass is 348 g/mol. The molecule has 0 aromatic heterocycles. The minimum atomic E-state index is -0.156. The van der Waals surface area contributed by atoms with Crippen LogP contribution in [0.2, 0.25) is 0 Å². The Morgan fingerprint density at radius 1 is 1.40 bits per heavy atom. The molecule has 0 bridgehead atoms. The molecule has 1 aromatic carbocycles. The Labute approximate surface area is 152 Å². The average Bonchev–Trinajstić information content (AvgIpc) is 2.57. The summed E-state index contributed by atoms with van der Waals surface area (Å²) in [6, 6.07) is 6.90. The maximum Gasteiger partial charge on any atom is 0.222 e. The number of hydrogen-bond acceptors (Lipinski definition) is 2. The summed E-state index contributed by atoms with van der Waals surface area (Å²) in [6.07, 6.45) is 3.91. The van der Waals surface area contributed by atoms with E-state index in [4.69, 9.17) is 0 Å². The Balaban J connectivity index is 1.82. The van der Waals surface area contributed by atoms with Crippen LogP contribution < -0.4 is 0 Å². The summed E-state index contributed by atoms with van der Waals surface area (Å²) < 4.78 is 13.3. The molecule has 0 spiro atoms. The lowest BCUT2D eigenvalue weighted by Crippen LogP contribution is -2.43. The second kappa shape index (κ2) is 9.91. The van der Waals surface area contributed by atoms with Gasteiger partial charge >= 0.3 is 0 Å². The van der Waals surface area contributed by atoms with Crippen molar-refractivity contribution in [1.82, 2.24) is 9.80 Å². The van der Waals surface area contributed by atoms with Crippen LogP contribution in [0.5, 0.6) is 0 Å². The first-order valence-electron chi connectivity index (χ1n) is 9.72. The molecule has 0 unspecified atom stereocenters. The van der Waals surface area contributed by atoms with Gasteiger partial charge in [0.25, 0.3) is 0 Å². The zero-order valence-corrected chi connectivity index (χ0v) is 16.0. The molecule has 140 valence electrons. The highest BCUT2D eigenvalue weighted by atomic mass is 19.1. The van der Waals surface area contributed by atoms with E-state index < -0.39 is 0 Å². The number of piperidine rings is 1. The Bertz CT molecular complexity index is 546. The lowest BCUT2D eigenvalue weighted by Gasteiger charge is -2.35. The summed E-state index contributed by atoms with van der Waals surface area (Å²) in [5.41, 5.74) is 1.06. The standard InChI is InChI=1S/C21H33FN2O/c1-4-24(21(25)13-17(2)3)16-19-8-6-11-23(15-19)12-10-18-7-5-9-20(22)14-18/h5,7,9,14,17,19H,4,6,8,10-13,15-16H2,1-3H3/t19-/m0/s1. The van der Waals surface area contributed by atoms with E-state index in [1.165, 1.54) is 18.9 Å². The molecule has 0 N–H and O–H groups in total. The number of nitrogens with zero attached hydrogens (tertiary/aromatic N) is 2. The van der Waals surface area contributed by atoms with Gasteiger partial charge in [-0.15, -0.1) is 0 Å². The highest BCUT2D eigenvalue weighted by Gasteiger charge is 2.23. The predicted octanol–water partition coefficient (Wildman–Crippen LogP) is 3.97. The van der Waals surface area contributed by atoms with Crippen LogP contribution in [0.4, 0.5) is 4.39 Å². The van der Waals surface area contributed by atoms with E-state index in [9.17, 15) is 9.18 Å². The van der Waals surface area contributed by atoms with Crippen LogP contribution in [-0.4, -0.2) is 48.4 Å². The third-order valence-corrected chi connectivity index (χ3v) is 5.00. The fraction of sp³-hybridized carbons (Fsp3) is 0.667. The van der Waals surface area contributed by atoms with Crippen molar-refractivity contribution in [1.29, 1.82) is 0 Å². The van der Waals surface area contributed by atoms with Gasteiger partial charge in [-0.2, -0.15) is 0 Å². The van der Waals surface area contributed by atoms with Crippen molar-refractivity contribution < 1.29 is 9.18 Å². The van der Waals surface area contributed by atoms with Gasteiger partial charge in [0, 0.05) is 32.6 Å². The van der Waals surface area contributed by atoms with E-state index in [1.807, 2.05) is 11.0 Å². The van der Waals surface area contributed by atoms with E-state index in [0.29, 0.717) is 18.3 Å². The average molecular weight is 349 g/mol. The molecule has 1 aliphatic heterocycles. The van der Waals surface area contributed by atoms with E-state index in [0.717, 1.165) is 44.7 Å². The number of hydrogen-bond donors (Lipinski definition) is 0. The summed E-state index contributed by atoms with van der Waals surface area (Å²) in [4.78, 5) is 16.9. The number of carbonyl (C=O) groups is 1. The molecule has 1 saturated heterocycles. The van der Waals surface area contributed by atoms with Crippen molar-refractivity contribution in [2.75, 3.05) is 32.7 Å². The van der Waals surface area contributed by atoms with Crippen LogP contribution in [0.15, 0.2) is 24.3 Å². The van der Waals surface area contributed by atoms with Gasteiger partial charge in [-0.3, -0.25) is 4.79 Å². The van der Waals surface area contributed by atoms with Crippen molar-refractivity contribution in [2.45, 2.75) is 46.5 Å². The maximum atomic E-state index is 13.3. The fourth-order valence-electron chi connectivity index (χ4n) is 3.68. The normalized spacial score (nSPS) is 18.5. The Hall–Kier alpha value is -1.42. The zero-order valence-electron chi connectivity index (χ0n) is 16.0. The third-order valence-electron chi connectivity index (χ3n) is 5.00. The van der Waals surface area contributed by atoms with Crippen LogP contribution >= 0.6 is 0 Å². The number of likely N-dealkylation sites (tertiary alicyclic amines) is 1. The van der Waals surface area contributed by atoms with Gasteiger partial charge in [0.05, 0.1) is 0 Å². The molecule has 1 aliphatic rings. The minimum Gasteiger partial charge on any atom is -0.343 e. The first kappa shape index (κ1) is 19.9. The lowest BCUT2D eigenvalue weighted by atomic mass is 9.96. The molecule has 1 heterocycles. The largest absolute Gasteiger partial charge is 0.343 e. The van der Waals surface area contributed by atoms with Gasteiger partial charge < -0.3 is 9.80 Å². The molecule has 1 atom stereocenters. The van der Waals surface area contributed by atoms with E-state index in [2.05, 4.69) is 25.7 Å². The molecular weight excluding hydrogens is 315 g/mol. The van der Waals surface area contributed by atoms with Gasteiger partial charge in [0.1, 0.15) is 5.82 Å². The highest BCUT2D eigenvalue weighted by Crippen LogP contribution is 2.19. The third kappa shape index (κ3) is 6.77. The first-order chi connectivity index (χ1) is 12.0. The minimum absolute atomic E-state index is 0.156. The molecule has 2 rings (SSSR count). The molecule has 1 amide bonds. The topological polar surface area (TPSA) is 23.6 Å². The summed E-state index contributed by atoms with van der Waals surface area (Å²) in [7, 11) is 0. The molecule has 0 aliphatic carbocycles. The summed E-state index contributed by atoms with van der Waals surface area (Å²) >= 11 is 0. The summed E-state index contributed by atoms with van der Waals surface area (Å²) in [5.74, 6) is 1.10. The van der Waals surface area contributed by atoms with Gasteiger partial charge in [-0.05, 0) is 62.3 Å². The number of rotatable bonds is 8. The fourth-order valence-corrected chi connectivity index (χ4v) is 3.68. The Kier molecular flexibility index (Phi) is 7.89. The van der Waals surface area contributed by atoms with Gasteiger partial charge in [0.2, 0.25) is 5.91 Å². The number of amides is 1. The van der Waals surface area contributed by atoms with Crippen LogP contribution in [-0.2, 0) is 11.2 Å². The quantitative estimate of drug-likeness (QED) is 0.709. The van der Waals surface area contributed by atoms with E-state index in [1.54, 1.807) is 12.1 Å². The van der Waals surface area contributed by atoms with Crippen molar-refractivity contribution in [3.05, 3.63) is 35.6 Å². The second-order valence-electron chi connectivity index (χ2n) is 7.72. The molecular formula is C21H33FN2O. The molecule has 0 radical (unpaired) electrons. The molecule has 1 fully saturated rings. The van der Waals surface area contributed by atoms with Gasteiger partial charge in [-0.1, -0.05) is 26.0 Å². The molecule has 0 saturated carbocycles. The van der Waals surface area contributed by atoms with Crippen LogP contribution in [0.1, 0.15) is 45.6 Å².